The maximum absolute atomic E-state index is 3.78. The number of anilines is 1. The van der Waals surface area contributed by atoms with Crippen LogP contribution in [0.1, 0.15) is 13.8 Å². The molecule has 0 N–H and O–H groups in total. The zero-order valence-corrected chi connectivity index (χ0v) is 10.6. The van der Waals surface area contributed by atoms with Crippen molar-refractivity contribution >= 4 is 5.69 Å². The number of hydrogen-bond acceptors (Lipinski definition) is 2. The van der Waals surface area contributed by atoms with Crippen LogP contribution in [0.5, 0.6) is 0 Å². The maximum atomic E-state index is 3.78. The topological polar surface area (TPSA) is 16.1 Å². The summed E-state index contributed by atoms with van der Waals surface area (Å²) >= 11 is 0. The fraction of sp³-hybridized carbons (Fsp3) is 0.267. The van der Waals surface area contributed by atoms with E-state index in [1.165, 1.54) is 5.69 Å². The molecule has 0 saturated heterocycles. The third-order valence-electron chi connectivity index (χ3n) is 2.45. The molecule has 0 radical (unpaired) electrons. The Balaban J connectivity index is 0.000000202. The molecule has 17 heavy (non-hydrogen) atoms. The Hall–Kier alpha value is -1.83. The van der Waals surface area contributed by atoms with E-state index in [2.05, 4.69) is 48.0 Å². The van der Waals surface area contributed by atoms with Crippen LogP contribution < -0.4 is 4.90 Å². The molecule has 0 unspecified atom stereocenters. The second-order valence-electron chi connectivity index (χ2n) is 3.53. The molecule has 0 saturated carbocycles. The van der Waals surface area contributed by atoms with Crippen LogP contribution in [0.3, 0.4) is 0 Å². The highest BCUT2D eigenvalue weighted by atomic mass is 15.1. The van der Waals surface area contributed by atoms with Crippen molar-refractivity contribution in [2.24, 2.45) is 0 Å². The van der Waals surface area contributed by atoms with Crippen molar-refractivity contribution < 1.29 is 0 Å². The minimum absolute atomic E-state index is 1.08. The summed E-state index contributed by atoms with van der Waals surface area (Å²) in [5.41, 5.74) is 1.32. The Morgan fingerprint density at radius 1 is 0.824 bits per heavy atom. The molecular formula is C15H20N2. The number of benzene rings is 1. The second-order valence-corrected chi connectivity index (χ2v) is 3.53. The van der Waals surface area contributed by atoms with Crippen LogP contribution in [0.15, 0.2) is 60.9 Å². The summed E-state index contributed by atoms with van der Waals surface area (Å²) < 4.78 is 0. The Labute approximate surface area is 104 Å². The predicted molar refractivity (Wildman–Crippen MR) is 74.2 cm³/mol. The molecular weight excluding hydrogens is 208 g/mol. The molecule has 0 bridgehead atoms. The van der Waals surface area contributed by atoms with Crippen LogP contribution in [-0.4, -0.2) is 18.1 Å². The van der Waals surface area contributed by atoms with Gasteiger partial charge in [-0.1, -0.05) is 24.3 Å². The number of nitrogens with zero attached hydrogens (tertiary/aromatic N) is 2. The average Bonchev–Trinajstić information content (AvgIpc) is 2.44. The number of aromatic nitrogens is 1. The summed E-state index contributed by atoms with van der Waals surface area (Å²) in [7, 11) is 0. The summed E-state index contributed by atoms with van der Waals surface area (Å²) in [6.07, 6.45) is 3.50. The summed E-state index contributed by atoms with van der Waals surface area (Å²) in [5, 5.41) is 0. The summed E-state index contributed by atoms with van der Waals surface area (Å²) in [6, 6.07) is 16.2. The van der Waals surface area contributed by atoms with Crippen molar-refractivity contribution in [3.05, 3.63) is 60.9 Å². The highest BCUT2D eigenvalue weighted by Gasteiger charge is 1.97. The Bertz CT molecular complexity index is 342. The maximum Gasteiger partial charge on any atom is 0.0365 e. The lowest BCUT2D eigenvalue weighted by Crippen LogP contribution is -2.21. The molecule has 2 rings (SSSR count). The van der Waals surface area contributed by atoms with Gasteiger partial charge in [0.25, 0.3) is 0 Å². The van der Waals surface area contributed by atoms with Crippen molar-refractivity contribution in [2.45, 2.75) is 13.8 Å². The van der Waals surface area contributed by atoms with Crippen LogP contribution in [0.25, 0.3) is 0 Å². The molecule has 90 valence electrons. The van der Waals surface area contributed by atoms with Gasteiger partial charge in [0.1, 0.15) is 0 Å². The predicted octanol–water partition coefficient (Wildman–Crippen LogP) is 3.61. The lowest BCUT2D eigenvalue weighted by Gasteiger charge is -2.20. The fourth-order valence-electron chi connectivity index (χ4n) is 1.54. The molecule has 2 aromatic rings. The van der Waals surface area contributed by atoms with Crippen molar-refractivity contribution in [1.82, 2.24) is 4.98 Å². The van der Waals surface area contributed by atoms with Gasteiger partial charge in [-0.15, -0.1) is 0 Å². The van der Waals surface area contributed by atoms with Crippen LogP contribution in [0.4, 0.5) is 5.69 Å². The van der Waals surface area contributed by atoms with E-state index in [4.69, 9.17) is 0 Å². The van der Waals surface area contributed by atoms with Crippen molar-refractivity contribution in [3.8, 4) is 0 Å². The Morgan fingerprint density at radius 2 is 1.35 bits per heavy atom. The normalized spacial score (nSPS) is 9.06. The Morgan fingerprint density at radius 3 is 1.71 bits per heavy atom. The van der Waals surface area contributed by atoms with E-state index in [0.29, 0.717) is 0 Å². The van der Waals surface area contributed by atoms with Crippen LogP contribution in [-0.2, 0) is 0 Å². The van der Waals surface area contributed by atoms with Gasteiger partial charge in [0.15, 0.2) is 0 Å². The van der Waals surface area contributed by atoms with Gasteiger partial charge < -0.3 is 4.90 Å². The SMILES string of the molecule is CCN(CC)c1ccccc1.c1ccncc1. The first kappa shape index (κ1) is 13.2. The van der Waals surface area contributed by atoms with Crippen molar-refractivity contribution in [1.29, 1.82) is 0 Å². The smallest absolute Gasteiger partial charge is 0.0365 e. The zero-order chi connectivity index (χ0) is 12.3. The molecule has 0 spiro atoms. The van der Waals surface area contributed by atoms with Crippen LogP contribution in [0, 0.1) is 0 Å². The number of hydrogen-bond donors (Lipinski definition) is 0. The largest absolute Gasteiger partial charge is 0.372 e. The molecule has 0 amide bonds. The first-order valence-corrected chi connectivity index (χ1v) is 6.03. The molecule has 1 heterocycles. The molecule has 1 aromatic carbocycles. The standard InChI is InChI=1S/C10H15N.C5H5N/c1-3-11(4-2)10-8-6-5-7-9-10;1-2-4-6-5-3-1/h5-9H,3-4H2,1-2H3;1-5H. The highest BCUT2D eigenvalue weighted by molar-refractivity contribution is 5.45. The van der Waals surface area contributed by atoms with Gasteiger partial charge in [-0.2, -0.15) is 0 Å². The molecule has 0 atom stereocenters. The van der Waals surface area contributed by atoms with E-state index in [1.807, 2.05) is 24.3 Å². The molecule has 0 aliphatic heterocycles. The van der Waals surface area contributed by atoms with Gasteiger partial charge >= 0.3 is 0 Å². The van der Waals surface area contributed by atoms with E-state index < -0.39 is 0 Å². The summed E-state index contributed by atoms with van der Waals surface area (Å²) in [6.45, 7) is 6.52. The Kier molecular flexibility index (Phi) is 6.49. The van der Waals surface area contributed by atoms with E-state index in [0.717, 1.165) is 13.1 Å². The molecule has 2 heteroatoms. The molecule has 1 aromatic heterocycles. The van der Waals surface area contributed by atoms with Gasteiger partial charge in [-0.05, 0) is 38.1 Å². The highest BCUT2D eigenvalue weighted by Crippen LogP contribution is 2.11. The number of pyridine rings is 1. The fourth-order valence-corrected chi connectivity index (χ4v) is 1.54. The second kappa shape index (κ2) is 8.34. The third-order valence-corrected chi connectivity index (χ3v) is 2.45. The van der Waals surface area contributed by atoms with E-state index in [9.17, 15) is 0 Å². The summed E-state index contributed by atoms with van der Waals surface area (Å²) in [5.74, 6) is 0. The van der Waals surface area contributed by atoms with E-state index in [1.54, 1.807) is 12.4 Å². The number of para-hydroxylation sites is 1. The van der Waals surface area contributed by atoms with Crippen LogP contribution in [0.2, 0.25) is 0 Å². The first-order chi connectivity index (χ1) is 8.38. The third kappa shape index (κ3) is 5.16. The van der Waals surface area contributed by atoms with Crippen molar-refractivity contribution in [2.75, 3.05) is 18.0 Å². The quantitative estimate of drug-likeness (QED) is 0.797. The van der Waals surface area contributed by atoms with E-state index >= 15 is 0 Å². The average molecular weight is 228 g/mol. The van der Waals surface area contributed by atoms with Gasteiger partial charge in [-0.25, -0.2) is 0 Å². The first-order valence-electron chi connectivity index (χ1n) is 6.03. The lowest BCUT2D eigenvalue weighted by molar-refractivity contribution is 0.866. The van der Waals surface area contributed by atoms with Crippen molar-refractivity contribution in [3.63, 3.8) is 0 Å². The minimum Gasteiger partial charge on any atom is -0.372 e. The minimum atomic E-state index is 1.08. The van der Waals surface area contributed by atoms with E-state index in [-0.39, 0.29) is 0 Å². The van der Waals surface area contributed by atoms with Gasteiger partial charge in [0.05, 0.1) is 0 Å². The monoisotopic (exact) mass is 228 g/mol. The van der Waals surface area contributed by atoms with Gasteiger partial charge in [-0.3, -0.25) is 4.98 Å². The zero-order valence-electron chi connectivity index (χ0n) is 10.6. The molecule has 0 aliphatic rings. The molecule has 0 aliphatic carbocycles. The summed E-state index contributed by atoms with van der Waals surface area (Å²) in [4.78, 5) is 6.12. The van der Waals surface area contributed by atoms with Gasteiger partial charge in [0.2, 0.25) is 0 Å². The molecule has 0 fully saturated rings. The lowest BCUT2D eigenvalue weighted by atomic mass is 10.3. The van der Waals surface area contributed by atoms with Gasteiger partial charge in [0, 0.05) is 31.2 Å². The molecule has 2 nitrogen and oxygen atoms in total. The van der Waals surface area contributed by atoms with Crippen LogP contribution >= 0.6 is 0 Å². The number of rotatable bonds is 3.